The Morgan fingerprint density at radius 2 is 2.28 bits per heavy atom. The summed E-state index contributed by atoms with van der Waals surface area (Å²) in [5, 5.41) is 0. The summed E-state index contributed by atoms with van der Waals surface area (Å²) in [6.45, 7) is 1.79. The molecule has 4 heteroatoms. The fraction of sp³-hybridized carbons (Fsp3) is 0.571. The van der Waals surface area contributed by atoms with Crippen LogP contribution in [0.15, 0.2) is 18.2 Å². The van der Waals surface area contributed by atoms with E-state index in [9.17, 15) is 4.39 Å². The number of nitrogens with two attached hydrogens (primary N) is 1. The molecule has 1 unspecified atom stereocenters. The Balaban J connectivity index is 1.79. The average molecular weight is 252 g/mol. The molecule has 1 saturated heterocycles. The van der Waals surface area contributed by atoms with E-state index in [0.717, 1.165) is 6.42 Å². The van der Waals surface area contributed by atoms with Gasteiger partial charge in [-0.2, -0.15) is 0 Å². The molecule has 1 heterocycles. The Bertz CT molecular complexity index is 397. The van der Waals surface area contributed by atoms with Gasteiger partial charge in [0.1, 0.15) is 11.6 Å². The van der Waals surface area contributed by atoms with Crippen LogP contribution in [0.2, 0.25) is 0 Å². The van der Waals surface area contributed by atoms with Gasteiger partial charge in [0, 0.05) is 12.1 Å². The molecule has 0 spiro atoms. The smallest absolute Gasteiger partial charge is 0.149 e. The van der Waals surface area contributed by atoms with E-state index in [1.807, 2.05) is 0 Å². The van der Waals surface area contributed by atoms with Crippen LogP contribution >= 0.6 is 0 Å². The lowest BCUT2D eigenvalue weighted by atomic mass is 10.0. The van der Waals surface area contributed by atoms with Crippen LogP contribution in [-0.4, -0.2) is 31.1 Å². The number of hydrogen-bond donors (Lipinski definition) is 1. The lowest BCUT2D eigenvalue weighted by Gasteiger charge is -2.32. The number of nitrogen functional groups attached to an aromatic ring is 1. The number of nitrogens with zero attached hydrogens (tertiary/aromatic N) is 1. The molecule has 2 N–H and O–H groups in total. The second-order valence-corrected chi connectivity index (χ2v) is 4.95. The van der Waals surface area contributed by atoms with Crippen molar-refractivity contribution in [1.82, 2.24) is 4.90 Å². The number of benzene rings is 1. The molecule has 0 radical (unpaired) electrons. The van der Waals surface area contributed by atoms with Gasteiger partial charge in [-0.05, 0) is 45.0 Å². The van der Waals surface area contributed by atoms with Gasteiger partial charge in [0.2, 0.25) is 0 Å². The molecule has 1 aromatic carbocycles. The molecule has 1 aromatic rings. The normalized spacial score (nSPS) is 20.9. The van der Waals surface area contributed by atoms with Crippen LogP contribution in [0.25, 0.3) is 0 Å². The largest absolute Gasteiger partial charge is 0.493 e. The highest BCUT2D eigenvalue weighted by atomic mass is 19.1. The first-order valence-corrected chi connectivity index (χ1v) is 6.55. The average Bonchev–Trinajstić information content (AvgIpc) is 2.36. The molecule has 0 aliphatic carbocycles. The van der Waals surface area contributed by atoms with Gasteiger partial charge in [0.15, 0.2) is 0 Å². The van der Waals surface area contributed by atoms with Crippen molar-refractivity contribution in [3.8, 4) is 5.75 Å². The third-order valence-corrected chi connectivity index (χ3v) is 3.61. The Morgan fingerprint density at radius 3 is 3.00 bits per heavy atom. The zero-order valence-corrected chi connectivity index (χ0v) is 10.9. The van der Waals surface area contributed by atoms with Crippen molar-refractivity contribution in [2.75, 3.05) is 25.9 Å². The summed E-state index contributed by atoms with van der Waals surface area (Å²) in [5.41, 5.74) is 5.58. The lowest BCUT2D eigenvalue weighted by molar-refractivity contribution is 0.153. The van der Waals surface area contributed by atoms with Gasteiger partial charge in [0.05, 0.1) is 12.3 Å². The Hall–Kier alpha value is -1.29. The maximum Gasteiger partial charge on any atom is 0.149 e. The quantitative estimate of drug-likeness (QED) is 0.837. The van der Waals surface area contributed by atoms with E-state index >= 15 is 0 Å². The van der Waals surface area contributed by atoms with E-state index in [2.05, 4.69) is 11.9 Å². The zero-order chi connectivity index (χ0) is 13.0. The fourth-order valence-electron chi connectivity index (χ4n) is 2.42. The minimum atomic E-state index is -0.415. The molecule has 1 fully saturated rings. The zero-order valence-electron chi connectivity index (χ0n) is 10.9. The minimum absolute atomic E-state index is 0.161. The predicted octanol–water partition coefficient (Wildman–Crippen LogP) is 2.66. The fourth-order valence-corrected chi connectivity index (χ4v) is 2.42. The van der Waals surface area contributed by atoms with Crippen LogP contribution in [-0.2, 0) is 0 Å². The number of rotatable bonds is 4. The predicted molar refractivity (Wildman–Crippen MR) is 71.2 cm³/mol. The molecule has 1 aliphatic heterocycles. The van der Waals surface area contributed by atoms with Gasteiger partial charge in [-0.1, -0.05) is 6.42 Å². The molecule has 0 bridgehead atoms. The van der Waals surface area contributed by atoms with Crippen LogP contribution in [0.5, 0.6) is 5.75 Å². The Morgan fingerprint density at radius 1 is 1.44 bits per heavy atom. The number of ether oxygens (including phenoxy) is 1. The second kappa shape index (κ2) is 6.05. The van der Waals surface area contributed by atoms with E-state index in [1.165, 1.54) is 37.9 Å². The first-order valence-electron chi connectivity index (χ1n) is 6.55. The SMILES string of the molecule is CN1CCCCC1CCOc1ccc(N)c(F)c1. The summed E-state index contributed by atoms with van der Waals surface area (Å²) in [6, 6.07) is 5.19. The van der Waals surface area contributed by atoms with Crippen LogP contribution in [0.3, 0.4) is 0 Å². The molecule has 0 aromatic heterocycles. The number of halogens is 1. The first kappa shape index (κ1) is 13.1. The van der Waals surface area contributed by atoms with Crippen molar-refractivity contribution in [1.29, 1.82) is 0 Å². The summed E-state index contributed by atoms with van der Waals surface area (Å²) < 4.78 is 18.8. The maximum absolute atomic E-state index is 13.2. The van der Waals surface area contributed by atoms with Gasteiger partial charge < -0.3 is 15.4 Å². The highest BCUT2D eigenvalue weighted by Crippen LogP contribution is 2.20. The van der Waals surface area contributed by atoms with Crippen molar-refractivity contribution >= 4 is 5.69 Å². The third-order valence-electron chi connectivity index (χ3n) is 3.61. The minimum Gasteiger partial charge on any atom is -0.493 e. The van der Waals surface area contributed by atoms with Gasteiger partial charge in [-0.15, -0.1) is 0 Å². The van der Waals surface area contributed by atoms with Crippen molar-refractivity contribution < 1.29 is 9.13 Å². The van der Waals surface area contributed by atoms with Crippen LogP contribution < -0.4 is 10.5 Å². The summed E-state index contributed by atoms with van der Waals surface area (Å²) in [7, 11) is 2.16. The van der Waals surface area contributed by atoms with E-state index < -0.39 is 5.82 Å². The van der Waals surface area contributed by atoms with E-state index in [4.69, 9.17) is 10.5 Å². The van der Waals surface area contributed by atoms with Crippen molar-refractivity contribution in [3.63, 3.8) is 0 Å². The summed E-state index contributed by atoms with van der Waals surface area (Å²) in [5.74, 6) is 0.141. The van der Waals surface area contributed by atoms with Crippen molar-refractivity contribution in [3.05, 3.63) is 24.0 Å². The summed E-state index contributed by atoms with van der Waals surface area (Å²) in [4.78, 5) is 2.39. The summed E-state index contributed by atoms with van der Waals surface area (Å²) >= 11 is 0. The Labute approximate surface area is 108 Å². The van der Waals surface area contributed by atoms with Gasteiger partial charge in [-0.25, -0.2) is 4.39 Å². The van der Waals surface area contributed by atoms with E-state index in [1.54, 1.807) is 6.07 Å². The first-order chi connectivity index (χ1) is 8.66. The van der Waals surface area contributed by atoms with Crippen LogP contribution in [0.1, 0.15) is 25.7 Å². The monoisotopic (exact) mass is 252 g/mol. The molecule has 0 saturated carbocycles. The molecule has 100 valence electrons. The molecule has 0 amide bonds. The maximum atomic E-state index is 13.2. The second-order valence-electron chi connectivity index (χ2n) is 4.95. The highest BCUT2D eigenvalue weighted by Gasteiger charge is 2.18. The molecule has 1 aliphatic rings. The number of anilines is 1. The number of hydrogen-bond acceptors (Lipinski definition) is 3. The molecular weight excluding hydrogens is 231 g/mol. The molecule has 1 atom stereocenters. The lowest BCUT2D eigenvalue weighted by Crippen LogP contribution is -2.37. The van der Waals surface area contributed by atoms with Crippen LogP contribution in [0, 0.1) is 5.82 Å². The van der Waals surface area contributed by atoms with E-state index in [0.29, 0.717) is 18.4 Å². The van der Waals surface area contributed by atoms with Gasteiger partial charge in [0.25, 0.3) is 0 Å². The molecule has 2 rings (SSSR count). The third kappa shape index (κ3) is 3.35. The summed E-state index contributed by atoms with van der Waals surface area (Å²) in [6.07, 6.45) is 4.81. The van der Waals surface area contributed by atoms with E-state index in [-0.39, 0.29) is 5.69 Å². The van der Waals surface area contributed by atoms with Gasteiger partial charge in [-0.3, -0.25) is 0 Å². The van der Waals surface area contributed by atoms with Crippen molar-refractivity contribution in [2.45, 2.75) is 31.7 Å². The molecule has 3 nitrogen and oxygen atoms in total. The van der Waals surface area contributed by atoms with Crippen LogP contribution in [0.4, 0.5) is 10.1 Å². The highest BCUT2D eigenvalue weighted by molar-refractivity contribution is 5.43. The number of likely N-dealkylation sites (tertiary alicyclic amines) is 1. The van der Waals surface area contributed by atoms with Gasteiger partial charge >= 0.3 is 0 Å². The standard InChI is InChI=1S/C14H21FN2O/c1-17-8-3-2-4-11(17)7-9-18-12-5-6-14(16)13(15)10-12/h5-6,10-11H,2-4,7-9,16H2,1H3. The molecule has 18 heavy (non-hydrogen) atoms. The molecular formula is C14H21FN2O. The Kier molecular flexibility index (Phi) is 4.42. The topological polar surface area (TPSA) is 38.5 Å². The number of piperidine rings is 1. The van der Waals surface area contributed by atoms with Crippen molar-refractivity contribution in [2.24, 2.45) is 0 Å².